The van der Waals surface area contributed by atoms with E-state index < -0.39 is 11.6 Å². The minimum Gasteiger partial charge on any atom is -0.399 e. The molecule has 2 N–H and O–H groups in total. The first-order chi connectivity index (χ1) is 8.15. The zero-order valence-corrected chi connectivity index (χ0v) is 8.87. The molecule has 0 aliphatic carbocycles. The highest BCUT2D eigenvalue weighted by molar-refractivity contribution is 5.49. The molecule has 0 fully saturated rings. The van der Waals surface area contributed by atoms with Gasteiger partial charge in [-0.05, 0) is 30.3 Å². The highest BCUT2D eigenvalue weighted by Crippen LogP contribution is 2.09. The standard InChI is InChI=1S/C14H9F2N/c15-12-7-6-11(14(16)9-12)5-4-10-2-1-3-13(17)8-10/h1-3,6-9H,17H2. The largest absolute Gasteiger partial charge is 0.399 e. The van der Waals surface area contributed by atoms with Gasteiger partial charge >= 0.3 is 0 Å². The molecule has 0 atom stereocenters. The number of rotatable bonds is 0. The second-order valence-electron chi connectivity index (χ2n) is 3.50. The quantitative estimate of drug-likeness (QED) is 0.545. The summed E-state index contributed by atoms with van der Waals surface area (Å²) in [5.41, 5.74) is 7.03. The minimum atomic E-state index is -0.665. The van der Waals surface area contributed by atoms with E-state index in [2.05, 4.69) is 11.8 Å². The lowest BCUT2D eigenvalue weighted by molar-refractivity contribution is 0.581. The Balaban J connectivity index is 2.33. The maximum absolute atomic E-state index is 13.3. The van der Waals surface area contributed by atoms with Gasteiger partial charge in [0.15, 0.2) is 0 Å². The SMILES string of the molecule is Nc1cccc(C#Cc2ccc(F)cc2F)c1. The summed E-state index contributed by atoms with van der Waals surface area (Å²) in [5, 5.41) is 0. The van der Waals surface area contributed by atoms with Gasteiger partial charge < -0.3 is 5.73 Å². The molecule has 2 rings (SSSR count). The molecule has 0 spiro atoms. The summed E-state index contributed by atoms with van der Waals surface area (Å²) in [6, 6.07) is 10.3. The van der Waals surface area contributed by atoms with Gasteiger partial charge in [0, 0.05) is 17.3 Å². The number of hydrogen-bond acceptors (Lipinski definition) is 1. The van der Waals surface area contributed by atoms with E-state index in [1.807, 2.05) is 0 Å². The average Bonchev–Trinajstić information content (AvgIpc) is 2.28. The normalized spacial score (nSPS) is 9.53. The van der Waals surface area contributed by atoms with Crippen molar-refractivity contribution in [2.45, 2.75) is 0 Å². The van der Waals surface area contributed by atoms with Crippen LogP contribution in [0.3, 0.4) is 0 Å². The summed E-state index contributed by atoms with van der Waals surface area (Å²) in [4.78, 5) is 0. The van der Waals surface area contributed by atoms with Gasteiger partial charge in [0.1, 0.15) is 11.6 Å². The van der Waals surface area contributed by atoms with Gasteiger partial charge in [-0.1, -0.05) is 17.9 Å². The van der Waals surface area contributed by atoms with Crippen LogP contribution in [0.4, 0.5) is 14.5 Å². The molecule has 17 heavy (non-hydrogen) atoms. The van der Waals surface area contributed by atoms with Crippen LogP contribution in [0.15, 0.2) is 42.5 Å². The minimum absolute atomic E-state index is 0.161. The number of halogens is 2. The molecule has 0 aromatic heterocycles. The van der Waals surface area contributed by atoms with Crippen molar-refractivity contribution in [2.75, 3.05) is 5.73 Å². The Labute approximate surface area is 97.9 Å². The van der Waals surface area contributed by atoms with E-state index in [1.54, 1.807) is 24.3 Å². The van der Waals surface area contributed by atoms with Gasteiger partial charge in [-0.25, -0.2) is 8.78 Å². The smallest absolute Gasteiger partial charge is 0.141 e. The third kappa shape index (κ3) is 2.82. The Kier molecular flexibility index (Phi) is 3.06. The van der Waals surface area contributed by atoms with Crippen molar-refractivity contribution in [2.24, 2.45) is 0 Å². The first-order valence-electron chi connectivity index (χ1n) is 4.98. The van der Waals surface area contributed by atoms with Gasteiger partial charge in [-0.15, -0.1) is 0 Å². The number of anilines is 1. The van der Waals surface area contributed by atoms with Gasteiger partial charge in [-0.3, -0.25) is 0 Å². The molecule has 3 heteroatoms. The molecule has 0 unspecified atom stereocenters. The summed E-state index contributed by atoms with van der Waals surface area (Å²) in [7, 11) is 0. The van der Waals surface area contributed by atoms with Crippen molar-refractivity contribution in [3.63, 3.8) is 0 Å². The Morgan fingerprint density at radius 2 is 1.76 bits per heavy atom. The first kappa shape index (κ1) is 11.2. The van der Waals surface area contributed by atoms with E-state index in [-0.39, 0.29) is 5.56 Å². The number of benzene rings is 2. The lowest BCUT2D eigenvalue weighted by atomic mass is 10.1. The summed E-state index contributed by atoms with van der Waals surface area (Å²) >= 11 is 0. The Morgan fingerprint density at radius 1 is 0.941 bits per heavy atom. The van der Waals surface area contributed by atoms with Gasteiger partial charge in [0.05, 0.1) is 5.56 Å². The highest BCUT2D eigenvalue weighted by Gasteiger charge is 1.99. The van der Waals surface area contributed by atoms with Crippen molar-refractivity contribution in [3.8, 4) is 11.8 Å². The highest BCUT2D eigenvalue weighted by atomic mass is 19.1. The number of nitrogens with two attached hydrogens (primary N) is 1. The molecule has 2 aromatic carbocycles. The summed E-state index contributed by atoms with van der Waals surface area (Å²) in [6.07, 6.45) is 0. The maximum atomic E-state index is 13.3. The van der Waals surface area contributed by atoms with E-state index in [0.717, 1.165) is 6.07 Å². The van der Waals surface area contributed by atoms with E-state index >= 15 is 0 Å². The second kappa shape index (κ2) is 4.67. The lowest BCUT2D eigenvalue weighted by Gasteiger charge is -1.95. The van der Waals surface area contributed by atoms with E-state index in [1.165, 1.54) is 12.1 Å². The fourth-order valence-corrected chi connectivity index (χ4v) is 1.35. The Bertz CT molecular complexity index is 609. The fourth-order valence-electron chi connectivity index (χ4n) is 1.35. The van der Waals surface area contributed by atoms with Crippen molar-refractivity contribution >= 4 is 5.69 Å². The van der Waals surface area contributed by atoms with Crippen LogP contribution >= 0.6 is 0 Å². The van der Waals surface area contributed by atoms with Crippen LogP contribution in [0, 0.1) is 23.5 Å². The molecule has 84 valence electrons. The lowest BCUT2D eigenvalue weighted by Crippen LogP contribution is -1.86. The first-order valence-corrected chi connectivity index (χ1v) is 4.98. The van der Waals surface area contributed by atoms with Crippen LogP contribution in [0.2, 0.25) is 0 Å². The molecule has 0 aliphatic heterocycles. The number of hydrogen-bond donors (Lipinski definition) is 1. The molecule has 0 saturated carbocycles. The third-order valence-corrected chi connectivity index (χ3v) is 2.16. The predicted molar refractivity (Wildman–Crippen MR) is 63.2 cm³/mol. The molecule has 2 aromatic rings. The fraction of sp³-hybridized carbons (Fsp3) is 0. The van der Waals surface area contributed by atoms with Crippen LogP contribution in [0.25, 0.3) is 0 Å². The number of nitrogen functional groups attached to an aromatic ring is 1. The molecule has 0 bridgehead atoms. The Hall–Kier alpha value is -2.34. The molecule has 0 heterocycles. The van der Waals surface area contributed by atoms with E-state index in [4.69, 9.17) is 5.73 Å². The zero-order chi connectivity index (χ0) is 12.3. The zero-order valence-electron chi connectivity index (χ0n) is 8.87. The van der Waals surface area contributed by atoms with Crippen LogP contribution in [0.5, 0.6) is 0 Å². The molecule has 1 nitrogen and oxygen atoms in total. The molecule has 0 saturated heterocycles. The predicted octanol–water partition coefficient (Wildman–Crippen LogP) is 2.95. The van der Waals surface area contributed by atoms with Crippen LogP contribution in [0.1, 0.15) is 11.1 Å². The third-order valence-electron chi connectivity index (χ3n) is 2.16. The summed E-state index contributed by atoms with van der Waals surface area (Å²) in [5.74, 6) is 4.13. The molecule has 0 amide bonds. The van der Waals surface area contributed by atoms with E-state index in [9.17, 15) is 8.78 Å². The molecular weight excluding hydrogens is 220 g/mol. The van der Waals surface area contributed by atoms with Crippen molar-refractivity contribution in [3.05, 3.63) is 65.2 Å². The van der Waals surface area contributed by atoms with E-state index in [0.29, 0.717) is 11.3 Å². The van der Waals surface area contributed by atoms with Crippen LogP contribution in [-0.4, -0.2) is 0 Å². The second-order valence-corrected chi connectivity index (χ2v) is 3.50. The average molecular weight is 229 g/mol. The molecule has 0 radical (unpaired) electrons. The topological polar surface area (TPSA) is 26.0 Å². The van der Waals surface area contributed by atoms with Crippen LogP contribution in [-0.2, 0) is 0 Å². The maximum Gasteiger partial charge on any atom is 0.141 e. The van der Waals surface area contributed by atoms with Gasteiger partial charge in [0.2, 0.25) is 0 Å². The molecule has 0 aliphatic rings. The summed E-state index contributed by atoms with van der Waals surface area (Å²) < 4.78 is 25.9. The monoisotopic (exact) mass is 229 g/mol. The van der Waals surface area contributed by atoms with Gasteiger partial charge in [-0.2, -0.15) is 0 Å². The Morgan fingerprint density at radius 3 is 2.47 bits per heavy atom. The summed E-state index contributed by atoms with van der Waals surface area (Å²) in [6.45, 7) is 0. The van der Waals surface area contributed by atoms with Crippen molar-refractivity contribution < 1.29 is 8.78 Å². The molecular formula is C14H9F2N. The van der Waals surface area contributed by atoms with Gasteiger partial charge in [0.25, 0.3) is 0 Å². The van der Waals surface area contributed by atoms with Crippen molar-refractivity contribution in [1.29, 1.82) is 0 Å². The van der Waals surface area contributed by atoms with Crippen LogP contribution < -0.4 is 5.73 Å². The van der Waals surface area contributed by atoms with Crippen molar-refractivity contribution in [1.82, 2.24) is 0 Å².